The summed E-state index contributed by atoms with van der Waals surface area (Å²) in [6, 6.07) is 13.3. The summed E-state index contributed by atoms with van der Waals surface area (Å²) in [6.45, 7) is 6.16. The number of morpholine rings is 1. The number of aromatic nitrogens is 1. The molecule has 0 bridgehead atoms. The first-order chi connectivity index (χ1) is 21.0. The van der Waals surface area contributed by atoms with Crippen molar-refractivity contribution < 1.29 is 33.2 Å². The summed E-state index contributed by atoms with van der Waals surface area (Å²) in [5.41, 5.74) is 1.91. The molecule has 3 aromatic rings. The maximum Gasteiger partial charge on any atom is 0.260 e. The number of halogens is 1. The molecule has 230 valence electrons. The number of aromatic hydroxyl groups is 1. The zero-order chi connectivity index (χ0) is 30.0. The highest BCUT2D eigenvalue weighted by Crippen LogP contribution is 2.34. The summed E-state index contributed by atoms with van der Waals surface area (Å²) in [5, 5.41) is 10.2. The first-order valence-electron chi connectivity index (χ1n) is 14.9. The number of methoxy groups -OCH3 is 1. The second kappa shape index (κ2) is 15.0. The van der Waals surface area contributed by atoms with Gasteiger partial charge in [-0.2, -0.15) is 0 Å². The van der Waals surface area contributed by atoms with Crippen molar-refractivity contribution in [1.29, 1.82) is 0 Å². The van der Waals surface area contributed by atoms with Gasteiger partial charge < -0.3 is 29.0 Å². The van der Waals surface area contributed by atoms with Crippen molar-refractivity contribution in [3.63, 3.8) is 0 Å². The molecule has 0 radical (unpaired) electrons. The number of rotatable bonds is 12. The van der Waals surface area contributed by atoms with Crippen molar-refractivity contribution in [2.75, 3.05) is 66.3 Å². The second-order valence-corrected chi connectivity index (χ2v) is 11.0. The molecule has 0 saturated carbocycles. The van der Waals surface area contributed by atoms with E-state index in [0.717, 1.165) is 76.1 Å². The predicted octanol–water partition coefficient (Wildman–Crippen LogP) is 4.56. The molecule has 1 aromatic heterocycles. The zero-order valence-electron chi connectivity index (χ0n) is 24.7. The maximum atomic E-state index is 13.4. The number of pyridine rings is 1. The lowest BCUT2D eigenvalue weighted by Gasteiger charge is -2.32. The van der Waals surface area contributed by atoms with Gasteiger partial charge in [-0.3, -0.25) is 14.7 Å². The minimum Gasteiger partial charge on any atom is -0.507 e. The summed E-state index contributed by atoms with van der Waals surface area (Å²) < 4.78 is 36.3. The van der Waals surface area contributed by atoms with Gasteiger partial charge in [0.2, 0.25) is 0 Å². The van der Waals surface area contributed by atoms with Gasteiger partial charge in [0.05, 0.1) is 20.3 Å². The molecule has 1 amide bonds. The first kappa shape index (κ1) is 30.6. The molecule has 43 heavy (non-hydrogen) atoms. The van der Waals surface area contributed by atoms with E-state index < -0.39 is 5.82 Å². The number of amides is 1. The highest BCUT2D eigenvalue weighted by Gasteiger charge is 2.24. The van der Waals surface area contributed by atoms with Crippen molar-refractivity contribution in [1.82, 2.24) is 14.8 Å². The SMILES string of the molecule is COc1cc(CCC2CCN(C(=O)COc3cccnc3-c3ccc(F)cc3O)CC2)ccc1OCCN1CCOCC1. The van der Waals surface area contributed by atoms with E-state index in [0.29, 0.717) is 42.6 Å². The average molecular weight is 594 g/mol. The number of hydrogen-bond donors (Lipinski definition) is 1. The Morgan fingerprint density at radius 2 is 1.84 bits per heavy atom. The van der Waals surface area contributed by atoms with Crippen molar-refractivity contribution in [2.24, 2.45) is 5.92 Å². The lowest BCUT2D eigenvalue weighted by molar-refractivity contribution is -0.134. The summed E-state index contributed by atoms with van der Waals surface area (Å²) in [6.07, 6.45) is 5.41. The Balaban J connectivity index is 1.05. The largest absolute Gasteiger partial charge is 0.507 e. The highest BCUT2D eigenvalue weighted by atomic mass is 19.1. The van der Waals surface area contributed by atoms with E-state index in [-0.39, 0.29) is 18.3 Å². The van der Waals surface area contributed by atoms with Crippen LogP contribution in [0.2, 0.25) is 0 Å². The lowest BCUT2D eigenvalue weighted by atomic mass is 9.90. The van der Waals surface area contributed by atoms with Crippen LogP contribution in [0.15, 0.2) is 54.7 Å². The molecule has 2 fully saturated rings. The third-order valence-corrected chi connectivity index (χ3v) is 8.14. The van der Waals surface area contributed by atoms with E-state index in [1.807, 2.05) is 11.0 Å². The van der Waals surface area contributed by atoms with Gasteiger partial charge in [-0.05, 0) is 73.6 Å². The van der Waals surface area contributed by atoms with E-state index in [2.05, 4.69) is 22.0 Å². The molecule has 0 aliphatic carbocycles. The van der Waals surface area contributed by atoms with Gasteiger partial charge in [-0.15, -0.1) is 0 Å². The minimum absolute atomic E-state index is 0.0921. The van der Waals surface area contributed by atoms with Crippen LogP contribution < -0.4 is 14.2 Å². The molecular weight excluding hydrogens is 553 g/mol. The summed E-state index contributed by atoms with van der Waals surface area (Å²) in [4.78, 5) is 21.4. The van der Waals surface area contributed by atoms with Crippen LogP contribution in [0.25, 0.3) is 11.3 Å². The smallest absolute Gasteiger partial charge is 0.260 e. The number of phenols is 1. The zero-order valence-corrected chi connectivity index (χ0v) is 24.7. The van der Waals surface area contributed by atoms with E-state index in [9.17, 15) is 14.3 Å². The number of benzene rings is 2. The van der Waals surface area contributed by atoms with Crippen LogP contribution in [0, 0.1) is 11.7 Å². The Bertz CT molecular complexity index is 1360. The average Bonchev–Trinajstić information content (AvgIpc) is 3.04. The normalized spacial score (nSPS) is 16.2. The third kappa shape index (κ3) is 8.36. The van der Waals surface area contributed by atoms with Crippen molar-refractivity contribution in [2.45, 2.75) is 25.7 Å². The quantitative estimate of drug-likeness (QED) is 0.327. The van der Waals surface area contributed by atoms with E-state index in [4.69, 9.17) is 18.9 Å². The molecule has 2 aliphatic rings. The summed E-state index contributed by atoms with van der Waals surface area (Å²) in [5.74, 6) is 1.54. The molecule has 0 atom stereocenters. The molecule has 2 saturated heterocycles. The first-order valence-corrected chi connectivity index (χ1v) is 14.9. The number of nitrogens with zero attached hydrogens (tertiary/aromatic N) is 3. The van der Waals surface area contributed by atoms with Crippen molar-refractivity contribution in [3.05, 3.63) is 66.1 Å². The molecule has 2 aromatic carbocycles. The van der Waals surface area contributed by atoms with Crippen LogP contribution in [-0.4, -0.2) is 92.1 Å². The Kier molecular flexibility index (Phi) is 10.7. The van der Waals surface area contributed by atoms with E-state index in [1.54, 1.807) is 25.4 Å². The van der Waals surface area contributed by atoms with Gasteiger partial charge in [-0.25, -0.2) is 4.39 Å². The molecule has 0 unspecified atom stereocenters. The number of likely N-dealkylation sites (tertiary alicyclic amines) is 1. The maximum absolute atomic E-state index is 13.4. The van der Waals surface area contributed by atoms with Crippen LogP contribution in [0.5, 0.6) is 23.0 Å². The number of phenolic OH excluding ortho intramolecular Hbond substituents is 1. The van der Waals surface area contributed by atoms with Gasteiger partial charge in [0, 0.05) is 50.6 Å². The molecule has 10 heteroatoms. The Morgan fingerprint density at radius 1 is 1.02 bits per heavy atom. The molecular formula is C33H40FN3O6. The van der Waals surface area contributed by atoms with Crippen LogP contribution in [0.4, 0.5) is 4.39 Å². The number of aryl methyl sites for hydroxylation is 1. The van der Waals surface area contributed by atoms with Gasteiger partial charge in [-0.1, -0.05) is 6.07 Å². The van der Waals surface area contributed by atoms with Gasteiger partial charge >= 0.3 is 0 Å². The van der Waals surface area contributed by atoms with Gasteiger partial charge in [0.1, 0.15) is 29.6 Å². The number of piperidine rings is 1. The number of hydrogen-bond acceptors (Lipinski definition) is 8. The van der Waals surface area contributed by atoms with Crippen LogP contribution in [0.3, 0.4) is 0 Å². The highest BCUT2D eigenvalue weighted by molar-refractivity contribution is 5.78. The molecule has 2 aliphatic heterocycles. The fourth-order valence-corrected chi connectivity index (χ4v) is 5.58. The Morgan fingerprint density at radius 3 is 2.60 bits per heavy atom. The standard InChI is InChI=1S/C33H40FN3O6/c1-40-31-21-25(6-9-29(31)42-20-17-36-15-18-41-19-16-36)5-4-24-10-13-37(14-11-24)32(39)23-43-30-3-2-12-35-33(30)27-8-7-26(34)22-28(27)38/h2-3,6-9,12,21-22,24,38H,4-5,10-11,13-20,23H2,1H3. The van der Waals surface area contributed by atoms with Crippen LogP contribution >= 0.6 is 0 Å². The minimum atomic E-state index is -0.545. The van der Waals surface area contributed by atoms with Crippen molar-refractivity contribution >= 4 is 5.91 Å². The van der Waals surface area contributed by atoms with E-state index in [1.165, 1.54) is 17.7 Å². The molecule has 9 nitrogen and oxygen atoms in total. The molecule has 5 rings (SSSR count). The van der Waals surface area contributed by atoms with Crippen molar-refractivity contribution in [3.8, 4) is 34.3 Å². The topological polar surface area (TPSA) is 93.6 Å². The monoisotopic (exact) mass is 593 g/mol. The number of carbonyl (C=O) groups excluding carboxylic acids is 1. The predicted molar refractivity (Wildman–Crippen MR) is 160 cm³/mol. The van der Waals surface area contributed by atoms with Crippen LogP contribution in [0.1, 0.15) is 24.8 Å². The third-order valence-electron chi connectivity index (χ3n) is 8.14. The number of carbonyl (C=O) groups is 1. The molecule has 1 N–H and O–H groups in total. The summed E-state index contributed by atoms with van der Waals surface area (Å²) in [7, 11) is 1.67. The fourth-order valence-electron chi connectivity index (χ4n) is 5.58. The van der Waals surface area contributed by atoms with Gasteiger partial charge in [0.25, 0.3) is 5.91 Å². The molecule has 0 spiro atoms. The van der Waals surface area contributed by atoms with Crippen LogP contribution in [-0.2, 0) is 16.0 Å². The molecule has 3 heterocycles. The second-order valence-electron chi connectivity index (χ2n) is 11.0. The fraction of sp³-hybridized carbons (Fsp3) is 0.455. The lowest BCUT2D eigenvalue weighted by Crippen LogP contribution is -2.41. The van der Waals surface area contributed by atoms with Gasteiger partial charge in [0.15, 0.2) is 18.1 Å². The summed E-state index contributed by atoms with van der Waals surface area (Å²) >= 11 is 0. The Labute approximate surface area is 252 Å². The van der Waals surface area contributed by atoms with E-state index >= 15 is 0 Å². The Hall–Kier alpha value is -3.89. The number of ether oxygens (including phenoxy) is 4.